The van der Waals surface area contributed by atoms with E-state index in [1.54, 1.807) is 0 Å². The molecule has 0 aliphatic rings. The summed E-state index contributed by atoms with van der Waals surface area (Å²) in [7, 11) is 0. The Hall–Kier alpha value is -2.26. The van der Waals surface area contributed by atoms with Crippen LogP contribution in [0.5, 0.6) is 0 Å². The van der Waals surface area contributed by atoms with E-state index in [2.05, 4.69) is 10.2 Å². The van der Waals surface area contributed by atoms with Crippen LogP contribution in [0.1, 0.15) is 12.0 Å². The fourth-order valence-corrected chi connectivity index (χ4v) is 2.12. The molecule has 9 heteroatoms. The van der Waals surface area contributed by atoms with Gasteiger partial charge >= 0.3 is 12.1 Å². The maximum absolute atomic E-state index is 11.9. The highest BCUT2D eigenvalue weighted by Crippen LogP contribution is 2.04. The molecular weight excluding hydrogens is 336 g/mol. The largest absolute Gasteiger partial charge is 0.479 e. The van der Waals surface area contributed by atoms with Crippen LogP contribution in [-0.4, -0.2) is 47.7 Å². The Balaban J connectivity index is 2.46. The summed E-state index contributed by atoms with van der Waals surface area (Å²) in [6.45, 7) is -0.585. The molecule has 1 aromatic carbocycles. The minimum Gasteiger partial charge on any atom is -0.479 e. The van der Waals surface area contributed by atoms with Crippen LogP contribution in [0, 0.1) is 0 Å². The second kappa shape index (κ2) is 11.3. The molecule has 8 nitrogen and oxygen atoms in total. The van der Waals surface area contributed by atoms with Crippen molar-refractivity contribution in [2.24, 2.45) is 0 Å². The van der Waals surface area contributed by atoms with Gasteiger partial charge in [0.15, 0.2) is 6.61 Å². The smallest absolute Gasteiger partial charge is 0.408 e. The molecule has 1 aromatic rings. The standard InChI is InChI=1S/C15H20N2O6S/c1-24-8-7-12(14(20)17-23-10-13(18)19)16-15(21)22-9-11-5-3-2-4-6-11/h2-6,12H,7-10H2,1H3,(H,16,21)(H,17,20)(H,18,19)/t12-/m0/s1. The highest BCUT2D eigenvalue weighted by molar-refractivity contribution is 7.98. The molecule has 1 rings (SSSR count). The maximum atomic E-state index is 11.9. The number of carboxylic acids is 1. The van der Waals surface area contributed by atoms with Crippen LogP contribution in [-0.2, 0) is 25.8 Å². The Morgan fingerprint density at radius 2 is 1.96 bits per heavy atom. The van der Waals surface area contributed by atoms with E-state index >= 15 is 0 Å². The third-order valence-corrected chi connectivity index (χ3v) is 3.44. The zero-order valence-corrected chi connectivity index (χ0v) is 14.0. The quantitative estimate of drug-likeness (QED) is 0.539. The van der Waals surface area contributed by atoms with Crippen molar-refractivity contribution >= 4 is 29.7 Å². The molecule has 0 saturated carbocycles. The van der Waals surface area contributed by atoms with Gasteiger partial charge < -0.3 is 15.2 Å². The average Bonchev–Trinajstić information content (AvgIpc) is 2.57. The number of alkyl carbamates (subject to hydrolysis) is 1. The first-order chi connectivity index (χ1) is 11.5. The molecule has 0 spiro atoms. The van der Waals surface area contributed by atoms with Gasteiger partial charge in [0.25, 0.3) is 5.91 Å². The molecule has 0 unspecified atom stereocenters. The molecule has 0 aromatic heterocycles. The number of hydrogen-bond acceptors (Lipinski definition) is 6. The normalized spacial score (nSPS) is 11.4. The molecule has 132 valence electrons. The molecule has 0 aliphatic heterocycles. The molecule has 0 fully saturated rings. The van der Waals surface area contributed by atoms with Crippen LogP contribution < -0.4 is 10.8 Å². The van der Waals surface area contributed by atoms with Crippen molar-refractivity contribution in [2.75, 3.05) is 18.6 Å². The highest BCUT2D eigenvalue weighted by Gasteiger charge is 2.21. The van der Waals surface area contributed by atoms with Gasteiger partial charge in [0.05, 0.1) is 0 Å². The minimum atomic E-state index is -1.22. The number of nitrogens with one attached hydrogen (secondary N) is 2. The Labute approximate surface area is 143 Å². The molecule has 2 amide bonds. The minimum absolute atomic E-state index is 0.0824. The Bertz CT molecular complexity index is 540. The summed E-state index contributed by atoms with van der Waals surface area (Å²) in [5, 5.41) is 10.9. The van der Waals surface area contributed by atoms with Crippen molar-refractivity contribution in [2.45, 2.75) is 19.1 Å². The lowest BCUT2D eigenvalue weighted by Gasteiger charge is -2.17. The number of hydroxylamine groups is 1. The number of rotatable bonds is 10. The number of amides is 2. The molecule has 0 saturated heterocycles. The SMILES string of the molecule is CSCC[C@H](NC(=O)OCc1ccccc1)C(=O)NOCC(=O)O. The van der Waals surface area contributed by atoms with Crippen LogP contribution in [0.3, 0.4) is 0 Å². The Morgan fingerprint density at radius 1 is 1.25 bits per heavy atom. The van der Waals surface area contributed by atoms with E-state index in [0.717, 1.165) is 5.56 Å². The van der Waals surface area contributed by atoms with Gasteiger partial charge in [0, 0.05) is 0 Å². The van der Waals surface area contributed by atoms with Gasteiger partial charge in [-0.1, -0.05) is 30.3 Å². The van der Waals surface area contributed by atoms with Crippen LogP contribution in [0.25, 0.3) is 0 Å². The molecule has 0 bridgehead atoms. The summed E-state index contributed by atoms with van der Waals surface area (Å²) in [6.07, 6.45) is 1.48. The van der Waals surface area contributed by atoms with Gasteiger partial charge in [-0.2, -0.15) is 11.8 Å². The van der Waals surface area contributed by atoms with Gasteiger partial charge in [-0.25, -0.2) is 15.1 Å². The number of benzene rings is 1. The molecular formula is C15H20N2O6S. The fraction of sp³-hybridized carbons (Fsp3) is 0.400. The lowest BCUT2D eigenvalue weighted by atomic mass is 10.2. The molecule has 1 atom stereocenters. The van der Waals surface area contributed by atoms with Crippen LogP contribution in [0.4, 0.5) is 4.79 Å². The van der Waals surface area contributed by atoms with E-state index in [0.29, 0.717) is 12.2 Å². The van der Waals surface area contributed by atoms with Crippen molar-refractivity contribution in [3.05, 3.63) is 35.9 Å². The zero-order chi connectivity index (χ0) is 17.8. The second-order valence-electron chi connectivity index (χ2n) is 4.69. The first-order valence-corrected chi connectivity index (χ1v) is 8.52. The van der Waals surface area contributed by atoms with Crippen LogP contribution in [0.2, 0.25) is 0 Å². The average molecular weight is 356 g/mol. The third kappa shape index (κ3) is 8.39. The number of ether oxygens (including phenoxy) is 1. The van der Waals surface area contributed by atoms with E-state index in [4.69, 9.17) is 9.84 Å². The van der Waals surface area contributed by atoms with Gasteiger partial charge in [-0.3, -0.25) is 9.63 Å². The summed E-state index contributed by atoms with van der Waals surface area (Å²) in [6, 6.07) is 8.24. The lowest BCUT2D eigenvalue weighted by Crippen LogP contribution is -2.47. The predicted octanol–water partition coefficient (Wildman–Crippen LogP) is 1.17. The molecule has 0 radical (unpaired) electrons. The van der Waals surface area contributed by atoms with E-state index in [9.17, 15) is 14.4 Å². The maximum Gasteiger partial charge on any atom is 0.408 e. The number of carbonyl (C=O) groups is 3. The Kier molecular flexibility index (Phi) is 9.32. The van der Waals surface area contributed by atoms with E-state index in [1.165, 1.54) is 11.8 Å². The van der Waals surface area contributed by atoms with Crippen molar-refractivity contribution in [3.8, 4) is 0 Å². The summed E-state index contributed by atoms with van der Waals surface area (Å²) in [5.41, 5.74) is 2.82. The van der Waals surface area contributed by atoms with Crippen LogP contribution in [0.15, 0.2) is 30.3 Å². The van der Waals surface area contributed by atoms with Crippen molar-refractivity contribution < 1.29 is 29.1 Å². The predicted molar refractivity (Wildman–Crippen MR) is 88.3 cm³/mol. The molecule has 24 heavy (non-hydrogen) atoms. The summed E-state index contributed by atoms with van der Waals surface area (Å²) >= 11 is 1.51. The third-order valence-electron chi connectivity index (χ3n) is 2.80. The van der Waals surface area contributed by atoms with Gasteiger partial charge in [0.1, 0.15) is 12.6 Å². The topological polar surface area (TPSA) is 114 Å². The molecule has 0 aliphatic carbocycles. The van der Waals surface area contributed by atoms with Crippen molar-refractivity contribution in [1.82, 2.24) is 10.8 Å². The number of aliphatic carboxylic acids is 1. The zero-order valence-electron chi connectivity index (χ0n) is 13.2. The van der Waals surface area contributed by atoms with Crippen molar-refractivity contribution in [1.29, 1.82) is 0 Å². The van der Waals surface area contributed by atoms with Crippen molar-refractivity contribution in [3.63, 3.8) is 0 Å². The van der Waals surface area contributed by atoms with E-state index < -0.39 is 30.6 Å². The highest BCUT2D eigenvalue weighted by atomic mass is 32.2. The summed E-state index contributed by atoms with van der Waals surface area (Å²) in [4.78, 5) is 38.6. The monoisotopic (exact) mass is 356 g/mol. The number of carbonyl (C=O) groups excluding carboxylic acids is 2. The molecule has 0 heterocycles. The molecule has 3 N–H and O–H groups in total. The number of hydrogen-bond donors (Lipinski definition) is 3. The lowest BCUT2D eigenvalue weighted by molar-refractivity contribution is -0.150. The van der Waals surface area contributed by atoms with Gasteiger partial charge in [0.2, 0.25) is 0 Å². The number of carboxylic acid groups (broad SMARTS) is 1. The van der Waals surface area contributed by atoms with Crippen LogP contribution >= 0.6 is 11.8 Å². The summed E-state index contributed by atoms with van der Waals surface area (Å²) in [5.74, 6) is -1.23. The van der Waals surface area contributed by atoms with E-state index in [1.807, 2.05) is 42.1 Å². The van der Waals surface area contributed by atoms with Gasteiger partial charge in [-0.05, 0) is 24.0 Å². The Morgan fingerprint density at radius 3 is 2.58 bits per heavy atom. The first kappa shape index (κ1) is 19.8. The van der Waals surface area contributed by atoms with Gasteiger partial charge in [-0.15, -0.1) is 0 Å². The second-order valence-corrected chi connectivity index (χ2v) is 5.67. The summed E-state index contributed by atoms with van der Waals surface area (Å²) < 4.78 is 5.06. The first-order valence-electron chi connectivity index (χ1n) is 7.12. The number of thioether (sulfide) groups is 1. The van der Waals surface area contributed by atoms with E-state index in [-0.39, 0.29) is 6.61 Å². The fourth-order valence-electron chi connectivity index (χ4n) is 1.65.